The van der Waals surface area contributed by atoms with Crippen molar-refractivity contribution >= 4 is 18.3 Å². The maximum atomic E-state index is 11.8. The molecule has 1 aromatic rings. The number of piperidine rings is 1. The molecule has 1 aliphatic rings. The molecule has 0 aromatic carbocycles. The highest BCUT2D eigenvalue weighted by Gasteiger charge is 2.16. The maximum Gasteiger partial charge on any atom is 0.254 e. The van der Waals surface area contributed by atoms with Crippen molar-refractivity contribution in [1.29, 1.82) is 0 Å². The van der Waals surface area contributed by atoms with Crippen LogP contribution in [-0.4, -0.2) is 25.5 Å². The van der Waals surface area contributed by atoms with Gasteiger partial charge in [0.05, 0.1) is 11.8 Å². The molecule has 4 nitrogen and oxygen atoms in total. The van der Waals surface area contributed by atoms with Crippen molar-refractivity contribution in [2.45, 2.75) is 19.8 Å². The van der Waals surface area contributed by atoms with Crippen LogP contribution < -0.4 is 10.6 Å². The minimum Gasteiger partial charge on any atom is -0.469 e. The van der Waals surface area contributed by atoms with E-state index in [2.05, 4.69) is 10.6 Å². The van der Waals surface area contributed by atoms with E-state index in [1.54, 1.807) is 19.3 Å². The minimum atomic E-state index is -0.0307. The van der Waals surface area contributed by atoms with E-state index >= 15 is 0 Å². The lowest BCUT2D eigenvalue weighted by Gasteiger charge is -2.22. The Balaban J connectivity index is 0.00000144. The van der Waals surface area contributed by atoms with Crippen molar-refractivity contribution in [3.63, 3.8) is 0 Å². The zero-order valence-electron chi connectivity index (χ0n) is 9.99. The summed E-state index contributed by atoms with van der Waals surface area (Å²) in [4.78, 5) is 11.8. The molecule has 1 saturated heterocycles. The highest BCUT2D eigenvalue weighted by atomic mass is 35.5. The van der Waals surface area contributed by atoms with Gasteiger partial charge in [0.1, 0.15) is 5.76 Å². The standard InChI is InChI=1S/C12H18N2O2.ClH/c1-9-11(4-6-16-9)12(15)14-8-10-3-2-5-13-7-10;/h4,6,10,13H,2-3,5,7-8H2,1H3,(H,14,15);1H. The molecule has 0 aliphatic carbocycles. The zero-order chi connectivity index (χ0) is 11.4. The van der Waals surface area contributed by atoms with E-state index in [1.165, 1.54) is 12.8 Å². The lowest BCUT2D eigenvalue weighted by atomic mass is 10.00. The van der Waals surface area contributed by atoms with Gasteiger partial charge in [-0.2, -0.15) is 0 Å². The van der Waals surface area contributed by atoms with Gasteiger partial charge >= 0.3 is 0 Å². The van der Waals surface area contributed by atoms with Crippen molar-refractivity contribution in [3.8, 4) is 0 Å². The third-order valence-electron chi connectivity index (χ3n) is 3.05. The number of hydrogen-bond donors (Lipinski definition) is 2. The molecule has 2 rings (SSSR count). The third-order valence-corrected chi connectivity index (χ3v) is 3.05. The first-order valence-electron chi connectivity index (χ1n) is 5.80. The monoisotopic (exact) mass is 258 g/mol. The molecule has 17 heavy (non-hydrogen) atoms. The fraction of sp³-hybridized carbons (Fsp3) is 0.583. The van der Waals surface area contributed by atoms with Crippen LogP contribution in [0.2, 0.25) is 0 Å². The van der Waals surface area contributed by atoms with E-state index in [4.69, 9.17) is 4.42 Å². The molecule has 1 atom stereocenters. The Labute approximate surface area is 108 Å². The van der Waals surface area contributed by atoms with Gasteiger partial charge in [-0.3, -0.25) is 4.79 Å². The summed E-state index contributed by atoms with van der Waals surface area (Å²) in [5, 5.41) is 6.29. The van der Waals surface area contributed by atoms with Crippen LogP contribution in [0.5, 0.6) is 0 Å². The molecule has 2 heterocycles. The molecule has 96 valence electrons. The first kappa shape index (κ1) is 14.1. The summed E-state index contributed by atoms with van der Waals surface area (Å²) in [6.45, 7) is 4.66. The molecule has 1 aliphatic heterocycles. The SMILES string of the molecule is Cc1occc1C(=O)NCC1CCCNC1.Cl. The van der Waals surface area contributed by atoms with Crippen LogP contribution in [0.4, 0.5) is 0 Å². The first-order chi connectivity index (χ1) is 7.77. The van der Waals surface area contributed by atoms with Crippen molar-refractivity contribution in [2.24, 2.45) is 5.92 Å². The van der Waals surface area contributed by atoms with Gasteiger partial charge in [0, 0.05) is 6.54 Å². The molecule has 1 fully saturated rings. The van der Waals surface area contributed by atoms with Crippen molar-refractivity contribution in [2.75, 3.05) is 19.6 Å². The average Bonchev–Trinajstić information content (AvgIpc) is 2.74. The maximum absolute atomic E-state index is 11.8. The number of halogens is 1. The van der Waals surface area contributed by atoms with Gasteiger partial charge in [0.25, 0.3) is 5.91 Å². The molecular formula is C12H19ClN2O2. The fourth-order valence-corrected chi connectivity index (χ4v) is 2.05. The Hall–Kier alpha value is -1.00. The summed E-state index contributed by atoms with van der Waals surface area (Å²) in [6, 6.07) is 1.71. The number of hydrogen-bond acceptors (Lipinski definition) is 3. The molecule has 0 spiro atoms. The van der Waals surface area contributed by atoms with Crippen LogP contribution in [0, 0.1) is 12.8 Å². The second-order valence-corrected chi connectivity index (χ2v) is 4.31. The first-order valence-corrected chi connectivity index (χ1v) is 5.80. The number of carbonyl (C=O) groups excluding carboxylic acids is 1. The summed E-state index contributed by atoms with van der Waals surface area (Å²) in [6.07, 6.45) is 3.94. The highest BCUT2D eigenvalue weighted by molar-refractivity contribution is 5.95. The summed E-state index contributed by atoms with van der Waals surface area (Å²) in [7, 11) is 0. The van der Waals surface area contributed by atoms with Gasteiger partial charge < -0.3 is 15.1 Å². The Kier molecular flexibility index (Phi) is 5.51. The molecule has 0 saturated carbocycles. The van der Waals surface area contributed by atoms with Gasteiger partial charge in [-0.15, -0.1) is 12.4 Å². The predicted molar refractivity (Wildman–Crippen MR) is 68.6 cm³/mol. The van der Waals surface area contributed by atoms with Crippen molar-refractivity contribution in [3.05, 3.63) is 23.7 Å². The normalized spacial score (nSPS) is 19.5. The van der Waals surface area contributed by atoms with Crippen LogP contribution in [0.1, 0.15) is 29.0 Å². The molecule has 1 unspecified atom stereocenters. The molecule has 0 bridgehead atoms. The van der Waals surface area contributed by atoms with Gasteiger partial charge in [-0.25, -0.2) is 0 Å². The van der Waals surface area contributed by atoms with Gasteiger partial charge in [0.15, 0.2) is 0 Å². The second-order valence-electron chi connectivity index (χ2n) is 4.31. The number of furan rings is 1. The van der Waals surface area contributed by atoms with Gasteiger partial charge in [-0.1, -0.05) is 0 Å². The molecular weight excluding hydrogens is 240 g/mol. The lowest BCUT2D eigenvalue weighted by molar-refractivity contribution is 0.0943. The number of amides is 1. The van der Waals surface area contributed by atoms with Crippen LogP contribution in [0.15, 0.2) is 16.7 Å². The highest BCUT2D eigenvalue weighted by Crippen LogP contribution is 2.11. The van der Waals surface area contributed by atoms with Crippen molar-refractivity contribution in [1.82, 2.24) is 10.6 Å². The Bertz CT molecular complexity index is 359. The molecule has 5 heteroatoms. The summed E-state index contributed by atoms with van der Waals surface area (Å²) < 4.78 is 5.10. The van der Waals surface area contributed by atoms with Crippen LogP contribution >= 0.6 is 12.4 Å². The quantitative estimate of drug-likeness (QED) is 0.868. The smallest absolute Gasteiger partial charge is 0.254 e. The van der Waals surface area contributed by atoms with E-state index in [1.807, 2.05) is 0 Å². The summed E-state index contributed by atoms with van der Waals surface area (Å²) >= 11 is 0. The summed E-state index contributed by atoms with van der Waals surface area (Å²) in [5.74, 6) is 1.21. The number of nitrogens with one attached hydrogen (secondary N) is 2. The minimum absolute atomic E-state index is 0. The van der Waals surface area contributed by atoms with E-state index in [-0.39, 0.29) is 18.3 Å². The van der Waals surface area contributed by atoms with E-state index in [0.29, 0.717) is 17.2 Å². The Morgan fingerprint density at radius 3 is 3.06 bits per heavy atom. The zero-order valence-corrected chi connectivity index (χ0v) is 10.8. The van der Waals surface area contributed by atoms with Crippen molar-refractivity contribution < 1.29 is 9.21 Å². The van der Waals surface area contributed by atoms with Crippen LogP contribution in [-0.2, 0) is 0 Å². The third kappa shape index (κ3) is 3.75. The Morgan fingerprint density at radius 2 is 2.47 bits per heavy atom. The Morgan fingerprint density at radius 1 is 1.65 bits per heavy atom. The number of carbonyl (C=O) groups is 1. The van der Waals surface area contributed by atoms with Crippen LogP contribution in [0.3, 0.4) is 0 Å². The average molecular weight is 259 g/mol. The van der Waals surface area contributed by atoms with Gasteiger partial charge in [-0.05, 0) is 44.8 Å². The van der Waals surface area contributed by atoms with Crippen LogP contribution in [0.25, 0.3) is 0 Å². The molecule has 0 radical (unpaired) electrons. The summed E-state index contributed by atoms with van der Waals surface area (Å²) in [5.41, 5.74) is 0.642. The molecule has 2 N–H and O–H groups in total. The second kappa shape index (κ2) is 6.67. The fourth-order valence-electron chi connectivity index (χ4n) is 2.05. The molecule has 1 amide bonds. The van der Waals surface area contributed by atoms with E-state index in [9.17, 15) is 4.79 Å². The van der Waals surface area contributed by atoms with Gasteiger partial charge in [0.2, 0.25) is 0 Å². The lowest BCUT2D eigenvalue weighted by Crippen LogP contribution is -2.38. The topological polar surface area (TPSA) is 54.3 Å². The molecule has 1 aromatic heterocycles. The van der Waals surface area contributed by atoms with E-state index < -0.39 is 0 Å². The predicted octanol–water partition coefficient (Wildman–Crippen LogP) is 1.74. The van der Waals surface area contributed by atoms with E-state index in [0.717, 1.165) is 19.6 Å². The number of rotatable bonds is 3. The largest absolute Gasteiger partial charge is 0.469 e. The number of aryl methyl sites for hydroxylation is 1.